The molecule has 1 fully saturated rings. The van der Waals surface area contributed by atoms with Crippen LogP contribution in [-0.4, -0.2) is 74.9 Å². The number of imidazole rings is 1. The molecule has 0 bridgehead atoms. The van der Waals surface area contributed by atoms with Crippen LogP contribution in [0.5, 0.6) is 0 Å². The average Bonchev–Trinajstić information content (AvgIpc) is 3.28. The van der Waals surface area contributed by atoms with Gasteiger partial charge in [-0.05, 0) is 0 Å². The molecule has 0 spiro atoms. The zero-order chi connectivity index (χ0) is 23.6. The fraction of sp³-hybridized carbons (Fsp3) is 0.500. The maximum absolute atomic E-state index is 12.4. The molecule has 0 aromatic carbocycles. The molecule has 1 aliphatic heterocycles. The first-order valence-corrected chi connectivity index (χ1v) is 9.70. The highest BCUT2D eigenvalue weighted by Gasteiger charge is 2.56. The lowest BCUT2D eigenvalue weighted by atomic mass is 10.0. The zero-order valence-corrected chi connectivity index (χ0v) is 18.3. The summed E-state index contributed by atoms with van der Waals surface area (Å²) in [6.45, 7) is 3.37. The van der Waals surface area contributed by atoms with Crippen LogP contribution in [0, 0.1) is 4.64 Å². The third-order valence-electron chi connectivity index (χ3n) is 4.51. The fourth-order valence-corrected chi connectivity index (χ4v) is 3.59. The summed E-state index contributed by atoms with van der Waals surface area (Å²) in [4.78, 5) is 58.7. The summed E-state index contributed by atoms with van der Waals surface area (Å²) < 4.78 is 28.2. The monoisotopic (exact) mass is 468 g/mol. The van der Waals surface area contributed by atoms with Crippen molar-refractivity contribution >= 4 is 47.3 Å². The van der Waals surface area contributed by atoms with E-state index in [1.165, 1.54) is 17.2 Å². The lowest BCUT2D eigenvalue weighted by Crippen LogP contribution is -2.48. The Morgan fingerprint density at radius 2 is 1.75 bits per heavy atom. The average molecular weight is 468 g/mol. The molecule has 1 aliphatic rings. The maximum Gasteiger partial charge on any atom is 0.350 e. The minimum absolute atomic E-state index is 0.208. The van der Waals surface area contributed by atoms with Gasteiger partial charge in [0.2, 0.25) is 6.10 Å². The fourth-order valence-electron chi connectivity index (χ4n) is 3.39. The van der Waals surface area contributed by atoms with E-state index in [0.717, 1.165) is 27.9 Å². The highest BCUT2D eigenvalue weighted by Crippen LogP contribution is 2.37. The zero-order valence-electron chi connectivity index (χ0n) is 17.5. The standard InChI is InChI=1S/C18H20N4O9S/c1-7(23)28-11-12(14(18(26)27-4)30-9(3)25)31-17(13(11)29-8(2)24)22-6-21-10-15(22)19-5-20-16(10)32/h5-6,11-14,17H,1-4H3,(H,19,20,32)/t11-,12+,13+,14+,17-/m1/s1. The van der Waals surface area contributed by atoms with E-state index in [0.29, 0.717) is 11.2 Å². The number of aromatic amines is 1. The van der Waals surface area contributed by atoms with Gasteiger partial charge in [0.05, 0.1) is 19.8 Å². The number of esters is 4. The quantitative estimate of drug-likeness (QED) is 0.352. The van der Waals surface area contributed by atoms with E-state index in [1.54, 1.807) is 0 Å². The predicted molar refractivity (Wildman–Crippen MR) is 105 cm³/mol. The number of rotatable bonds is 6. The summed E-state index contributed by atoms with van der Waals surface area (Å²) in [5, 5.41) is 0. The Labute approximate surface area is 186 Å². The third-order valence-corrected chi connectivity index (χ3v) is 4.81. The second-order valence-electron chi connectivity index (χ2n) is 6.75. The van der Waals surface area contributed by atoms with Crippen molar-refractivity contribution in [3.63, 3.8) is 0 Å². The number of carbonyl (C=O) groups is 4. The second kappa shape index (κ2) is 9.40. The molecule has 5 atom stereocenters. The smallest absolute Gasteiger partial charge is 0.350 e. The molecule has 0 aliphatic carbocycles. The van der Waals surface area contributed by atoms with Crippen LogP contribution >= 0.6 is 12.2 Å². The molecule has 32 heavy (non-hydrogen) atoms. The van der Waals surface area contributed by atoms with E-state index < -0.39 is 54.5 Å². The van der Waals surface area contributed by atoms with Crippen molar-refractivity contribution < 1.29 is 42.9 Å². The Kier molecular flexibility index (Phi) is 6.84. The number of fused-ring (bicyclic) bond motifs is 1. The van der Waals surface area contributed by atoms with Crippen LogP contribution in [-0.2, 0) is 42.9 Å². The number of hydrogen-bond acceptors (Lipinski definition) is 12. The van der Waals surface area contributed by atoms with Crippen molar-refractivity contribution in [1.82, 2.24) is 19.5 Å². The van der Waals surface area contributed by atoms with E-state index in [4.69, 9.17) is 35.9 Å². The van der Waals surface area contributed by atoms with Gasteiger partial charge in [0.25, 0.3) is 0 Å². The minimum atomic E-state index is -1.61. The molecule has 0 unspecified atom stereocenters. The van der Waals surface area contributed by atoms with Crippen molar-refractivity contribution in [2.24, 2.45) is 0 Å². The molecular formula is C18H20N4O9S. The molecular weight excluding hydrogens is 448 g/mol. The van der Waals surface area contributed by atoms with Gasteiger partial charge in [-0.25, -0.2) is 14.8 Å². The lowest BCUT2D eigenvalue weighted by Gasteiger charge is -2.26. The molecule has 1 saturated heterocycles. The molecule has 14 heteroatoms. The van der Waals surface area contributed by atoms with E-state index in [1.807, 2.05) is 0 Å². The van der Waals surface area contributed by atoms with Crippen LogP contribution in [0.4, 0.5) is 0 Å². The Balaban J connectivity index is 2.13. The Bertz CT molecular complexity index is 1110. The highest BCUT2D eigenvalue weighted by atomic mass is 32.1. The summed E-state index contributed by atoms with van der Waals surface area (Å²) in [7, 11) is 1.09. The van der Waals surface area contributed by atoms with Gasteiger partial charge in [-0.3, -0.25) is 19.0 Å². The summed E-state index contributed by atoms with van der Waals surface area (Å²) in [6.07, 6.45) is -3.99. The van der Waals surface area contributed by atoms with Gasteiger partial charge in [-0.2, -0.15) is 0 Å². The molecule has 2 aromatic heterocycles. The number of H-pyrrole nitrogens is 1. The predicted octanol–water partition coefficient (Wildman–Crippen LogP) is 0.354. The molecule has 172 valence electrons. The van der Waals surface area contributed by atoms with Crippen LogP contribution in [0.3, 0.4) is 0 Å². The number of methoxy groups -OCH3 is 1. The van der Waals surface area contributed by atoms with E-state index >= 15 is 0 Å². The molecule has 3 rings (SSSR count). The highest BCUT2D eigenvalue weighted by molar-refractivity contribution is 7.71. The molecule has 0 radical (unpaired) electrons. The van der Waals surface area contributed by atoms with Crippen LogP contribution < -0.4 is 0 Å². The summed E-state index contributed by atoms with van der Waals surface area (Å²) in [5.41, 5.74) is 0.709. The van der Waals surface area contributed by atoms with E-state index in [-0.39, 0.29) is 4.64 Å². The largest absolute Gasteiger partial charge is 0.466 e. The SMILES string of the molecule is COC(=O)[C@@H](OC(C)=O)[C@H]1O[C@@H](n2cnc3c(=S)nc[nH]c32)[C@@H](OC(C)=O)[C@@H]1OC(C)=O. The third kappa shape index (κ3) is 4.60. The van der Waals surface area contributed by atoms with Crippen molar-refractivity contribution in [3.05, 3.63) is 17.3 Å². The van der Waals surface area contributed by atoms with Crippen LogP contribution in [0.1, 0.15) is 27.0 Å². The molecule has 3 heterocycles. The van der Waals surface area contributed by atoms with Gasteiger partial charge >= 0.3 is 23.9 Å². The normalized spacial score (nSPS) is 23.4. The first kappa shape index (κ1) is 23.3. The second-order valence-corrected chi connectivity index (χ2v) is 7.14. The first-order valence-electron chi connectivity index (χ1n) is 9.29. The number of hydrogen-bond donors (Lipinski definition) is 1. The van der Waals surface area contributed by atoms with Crippen LogP contribution in [0.25, 0.3) is 11.2 Å². The summed E-state index contributed by atoms with van der Waals surface area (Å²) in [6, 6.07) is 0. The minimum Gasteiger partial charge on any atom is -0.466 e. The first-order chi connectivity index (χ1) is 15.1. The van der Waals surface area contributed by atoms with Crippen LogP contribution in [0.2, 0.25) is 0 Å². The molecule has 2 aromatic rings. The van der Waals surface area contributed by atoms with Gasteiger partial charge in [0, 0.05) is 20.8 Å². The molecule has 0 saturated carbocycles. The number of ether oxygens (including phenoxy) is 5. The van der Waals surface area contributed by atoms with Gasteiger partial charge in [0.15, 0.2) is 23.1 Å². The topological polar surface area (TPSA) is 161 Å². The van der Waals surface area contributed by atoms with E-state index in [9.17, 15) is 19.2 Å². The Morgan fingerprint density at radius 1 is 1.09 bits per heavy atom. The number of aromatic nitrogens is 4. The van der Waals surface area contributed by atoms with Crippen molar-refractivity contribution in [3.8, 4) is 0 Å². The molecule has 13 nitrogen and oxygen atoms in total. The number of nitrogens with one attached hydrogen (secondary N) is 1. The summed E-state index contributed by atoms with van der Waals surface area (Å²) >= 11 is 5.16. The summed E-state index contributed by atoms with van der Waals surface area (Å²) in [5.74, 6) is -3.21. The van der Waals surface area contributed by atoms with Gasteiger partial charge in [-0.1, -0.05) is 12.2 Å². The van der Waals surface area contributed by atoms with Gasteiger partial charge < -0.3 is 28.7 Å². The van der Waals surface area contributed by atoms with Crippen molar-refractivity contribution in [1.29, 1.82) is 0 Å². The Hall–Kier alpha value is -3.39. The van der Waals surface area contributed by atoms with Gasteiger partial charge in [0.1, 0.15) is 17.3 Å². The molecule has 1 N–H and O–H groups in total. The number of carbonyl (C=O) groups excluding carboxylic acids is 4. The van der Waals surface area contributed by atoms with Crippen LogP contribution in [0.15, 0.2) is 12.7 Å². The maximum atomic E-state index is 12.4. The van der Waals surface area contributed by atoms with Gasteiger partial charge in [-0.15, -0.1) is 0 Å². The van der Waals surface area contributed by atoms with Crippen molar-refractivity contribution in [2.75, 3.05) is 7.11 Å². The van der Waals surface area contributed by atoms with Crippen molar-refractivity contribution in [2.45, 2.75) is 51.4 Å². The number of nitrogens with zero attached hydrogens (tertiary/aromatic N) is 3. The molecule has 0 amide bonds. The Morgan fingerprint density at radius 3 is 2.34 bits per heavy atom. The lowest BCUT2D eigenvalue weighted by molar-refractivity contribution is -0.183. The van der Waals surface area contributed by atoms with E-state index in [2.05, 4.69) is 15.0 Å².